The zero-order valence-electron chi connectivity index (χ0n) is 15.1. The first-order chi connectivity index (χ1) is 13.0. The average molecular weight is 446 g/mol. The Morgan fingerprint density at radius 2 is 2.04 bits per heavy atom. The fourth-order valence-electron chi connectivity index (χ4n) is 2.49. The highest BCUT2D eigenvalue weighted by molar-refractivity contribution is 9.10. The number of carbonyl (C=O) groups excluding carboxylic acids is 1. The number of ether oxygens (including phenoxy) is 1. The van der Waals surface area contributed by atoms with Crippen LogP contribution in [0.1, 0.15) is 12.6 Å². The summed E-state index contributed by atoms with van der Waals surface area (Å²) >= 11 is 4.97. The maximum atomic E-state index is 12.4. The molecule has 3 rings (SSSR count). The van der Waals surface area contributed by atoms with Crippen LogP contribution in [0, 0.1) is 0 Å². The lowest BCUT2D eigenvalue weighted by Gasteiger charge is -2.07. The molecule has 0 atom stereocenters. The predicted molar refractivity (Wildman–Crippen MR) is 113 cm³/mol. The average Bonchev–Trinajstić information content (AvgIpc) is 2.97. The smallest absolute Gasteiger partial charge is 0.230 e. The Labute approximate surface area is 170 Å². The number of amides is 1. The molecule has 0 saturated carbocycles. The van der Waals surface area contributed by atoms with E-state index in [1.165, 1.54) is 11.3 Å². The molecule has 0 saturated heterocycles. The van der Waals surface area contributed by atoms with E-state index in [9.17, 15) is 4.79 Å². The molecule has 0 aliphatic rings. The van der Waals surface area contributed by atoms with E-state index in [1.807, 2.05) is 72.4 Å². The lowest BCUT2D eigenvalue weighted by atomic mass is 10.2. The first-order valence-electron chi connectivity index (χ1n) is 8.51. The molecule has 1 N–H and O–H groups in total. The number of nitrogens with zero attached hydrogens (tertiary/aromatic N) is 2. The fraction of sp³-hybridized carbons (Fsp3) is 0.200. The summed E-state index contributed by atoms with van der Waals surface area (Å²) in [5, 5.41) is 4.88. The molecule has 0 radical (unpaired) electrons. The zero-order valence-corrected chi connectivity index (χ0v) is 17.5. The van der Waals surface area contributed by atoms with Crippen LogP contribution in [0.25, 0.3) is 0 Å². The number of nitrogens with one attached hydrogen (secondary N) is 1. The van der Waals surface area contributed by atoms with E-state index in [1.54, 1.807) is 0 Å². The van der Waals surface area contributed by atoms with Crippen molar-refractivity contribution >= 4 is 44.5 Å². The van der Waals surface area contributed by atoms with Crippen LogP contribution in [0.2, 0.25) is 0 Å². The molecule has 0 unspecified atom stereocenters. The van der Waals surface area contributed by atoms with Gasteiger partial charge in [-0.3, -0.25) is 4.79 Å². The van der Waals surface area contributed by atoms with Crippen molar-refractivity contribution in [3.63, 3.8) is 0 Å². The van der Waals surface area contributed by atoms with Crippen molar-refractivity contribution in [1.29, 1.82) is 0 Å². The first kappa shape index (κ1) is 19.4. The van der Waals surface area contributed by atoms with Crippen molar-refractivity contribution < 1.29 is 9.53 Å². The molecule has 1 aromatic heterocycles. The van der Waals surface area contributed by atoms with Gasteiger partial charge in [0, 0.05) is 28.3 Å². The topological polar surface area (TPSA) is 55.6 Å². The minimum atomic E-state index is -0.0680. The molecular weight excluding hydrogens is 426 g/mol. The standard InChI is InChI=1S/C20H20BrN3O2S/c1-3-26-18-9-7-15(8-10-18)22-19(25)12-17-13-27-20(24(17)2)23-16-6-4-5-14(21)11-16/h4-11,13H,3,12H2,1-2H3,(H,22,25). The van der Waals surface area contributed by atoms with Gasteiger partial charge in [0.15, 0.2) is 4.80 Å². The predicted octanol–water partition coefficient (Wildman–Crippen LogP) is 4.66. The number of aromatic nitrogens is 1. The van der Waals surface area contributed by atoms with Crippen molar-refractivity contribution in [2.45, 2.75) is 13.3 Å². The van der Waals surface area contributed by atoms with E-state index in [2.05, 4.69) is 26.2 Å². The van der Waals surface area contributed by atoms with Crippen LogP contribution in [0.3, 0.4) is 0 Å². The van der Waals surface area contributed by atoms with Gasteiger partial charge in [0.2, 0.25) is 5.91 Å². The van der Waals surface area contributed by atoms with Gasteiger partial charge in [-0.25, -0.2) is 4.99 Å². The molecule has 0 aliphatic heterocycles. The molecule has 3 aromatic rings. The number of rotatable bonds is 6. The van der Waals surface area contributed by atoms with Gasteiger partial charge in [0.05, 0.1) is 18.7 Å². The second-order valence-corrected chi connectivity index (χ2v) is 7.59. The second-order valence-electron chi connectivity index (χ2n) is 5.84. The van der Waals surface area contributed by atoms with Gasteiger partial charge in [-0.2, -0.15) is 0 Å². The molecule has 0 aliphatic carbocycles. The Hall–Kier alpha value is -2.38. The van der Waals surface area contributed by atoms with Crippen LogP contribution < -0.4 is 14.9 Å². The minimum Gasteiger partial charge on any atom is -0.494 e. The number of benzene rings is 2. The number of thiazole rings is 1. The van der Waals surface area contributed by atoms with Gasteiger partial charge < -0.3 is 14.6 Å². The Bertz CT molecular complexity index is 993. The summed E-state index contributed by atoms with van der Waals surface area (Å²) in [5.41, 5.74) is 2.53. The van der Waals surface area contributed by atoms with E-state index < -0.39 is 0 Å². The Balaban J connectivity index is 1.69. The Morgan fingerprint density at radius 1 is 1.26 bits per heavy atom. The lowest BCUT2D eigenvalue weighted by molar-refractivity contribution is -0.115. The molecule has 2 aromatic carbocycles. The molecule has 7 heteroatoms. The summed E-state index contributed by atoms with van der Waals surface area (Å²) in [4.78, 5) is 17.9. The van der Waals surface area contributed by atoms with Crippen molar-refractivity contribution in [2.24, 2.45) is 12.0 Å². The molecule has 5 nitrogen and oxygen atoms in total. The largest absolute Gasteiger partial charge is 0.494 e. The number of hydrogen-bond acceptors (Lipinski definition) is 4. The fourth-order valence-corrected chi connectivity index (χ4v) is 3.79. The summed E-state index contributed by atoms with van der Waals surface area (Å²) < 4.78 is 8.34. The highest BCUT2D eigenvalue weighted by atomic mass is 79.9. The molecule has 1 heterocycles. The van der Waals surface area contributed by atoms with Crippen molar-refractivity contribution in [2.75, 3.05) is 11.9 Å². The van der Waals surface area contributed by atoms with E-state index >= 15 is 0 Å². The Kier molecular flexibility index (Phi) is 6.47. The van der Waals surface area contributed by atoms with Crippen LogP contribution in [-0.4, -0.2) is 17.1 Å². The van der Waals surface area contributed by atoms with Crippen LogP contribution in [-0.2, 0) is 18.3 Å². The molecule has 0 fully saturated rings. The normalized spacial score (nSPS) is 11.4. The van der Waals surface area contributed by atoms with Crippen LogP contribution in [0.15, 0.2) is 63.4 Å². The van der Waals surface area contributed by atoms with E-state index in [0.717, 1.165) is 32.1 Å². The first-order valence-corrected chi connectivity index (χ1v) is 10.2. The number of anilines is 1. The number of halogens is 1. The zero-order chi connectivity index (χ0) is 19.2. The van der Waals surface area contributed by atoms with Crippen molar-refractivity contribution in [3.05, 3.63) is 68.9 Å². The van der Waals surface area contributed by atoms with Crippen LogP contribution in [0.5, 0.6) is 5.75 Å². The Morgan fingerprint density at radius 3 is 2.74 bits per heavy atom. The molecule has 140 valence electrons. The maximum Gasteiger partial charge on any atom is 0.230 e. The van der Waals surface area contributed by atoms with E-state index in [-0.39, 0.29) is 12.3 Å². The molecular formula is C20H20BrN3O2S. The molecule has 0 spiro atoms. The minimum absolute atomic E-state index is 0.0680. The monoisotopic (exact) mass is 445 g/mol. The summed E-state index contributed by atoms with van der Waals surface area (Å²) in [7, 11) is 1.92. The maximum absolute atomic E-state index is 12.4. The van der Waals surface area contributed by atoms with Crippen molar-refractivity contribution in [3.8, 4) is 5.75 Å². The third-order valence-corrected chi connectivity index (χ3v) is 5.30. The summed E-state index contributed by atoms with van der Waals surface area (Å²) in [6.45, 7) is 2.56. The third kappa shape index (κ3) is 5.30. The summed E-state index contributed by atoms with van der Waals surface area (Å²) in [6, 6.07) is 15.2. The molecule has 27 heavy (non-hydrogen) atoms. The van der Waals surface area contributed by atoms with Gasteiger partial charge in [0.25, 0.3) is 0 Å². The highest BCUT2D eigenvalue weighted by Gasteiger charge is 2.09. The van der Waals surface area contributed by atoms with Gasteiger partial charge in [-0.15, -0.1) is 11.3 Å². The van der Waals surface area contributed by atoms with Gasteiger partial charge >= 0.3 is 0 Å². The number of hydrogen-bond donors (Lipinski definition) is 1. The van der Waals surface area contributed by atoms with Crippen LogP contribution >= 0.6 is 27.3 Å². The van der Waals surface area contributed by atoms with E-state index in [0.29, 0.717) is 6.61 Å². The summed E-state index contributed by atoms with van der Waals surface area (Å²) in [6.07, 6.45) is 0.286. The third-order valence-electron chi connectivity index (χ3n) is 3.84. The van der Waals surface area contributed by atoms with Crippen LogP contribution in [0.4, 0.5) is 11.4 Å². The van der Waals surface area contributed by atoms with E-state index in [4.69, 9.17) is 4.74 Å². The van der Waals surface area contributed by atoms with Gasteiger partial charge in [-0.1, -0.05) is 22.0 Å². The van der Waals surface area contributed by atoms with Gasteiger partial charge in [-0.05, 0) is 49.4 Å². The molecule has 1 amide bonds. The number of carbonyl (C=O) groups is 1. The second kappa shape index (κ2) is 9.01. The summed E-state index contributed by atoms with van der Waals surface area (Å²) in [5.74, 6) is 0.722. The highest BCUT2D eigenvalue weighted by Crippen LogP contribution is 2.18. The molecule has 0 bridgehead atoms. The lowest BCUT2D eigenvalue weighted by Crippen LogP contribution is -2.19. The van der Waals surface area contributed by atoms with Crippen molar-refractivity contribution in [1.82, 2.24) is 4.57 Å². The quantitative estimate of drug-likeness (QED) is 0.599. The SMILES string of the molecule is CCOc1ccc(NC(=O)Cc2csc(=Nc3cccc(Br)c3)n2C)cc1. The van der Waals surface area contributed by atoms with Gasteiger partial charge in [0.1, 0.15) is 5.75 Å².